The predicted octanol–water partition coefficient (Wildman–Crippen LogP) is 0.985. The number of nitrogens with zero attached hydrogens (tertiary/aromatic N) is 4. The van der Waals surface area contributed by atoms with Crippen molar-refractivity contribution in [2.75, 3.05) is 39.6 Å². The van der Waals surface area contributed by atoms with Crippen LogP contribution in [0.4, 0.5) is 0 Å². The maximum Gasteiger partial charge on any atom is 0.313 e. The smallest absolute Gasteiger partial charge is 0.313 e. The molecule has 0 spiro atoms. The van der Waals surface area contributed by atoms with Gasteiger partial charge in [-0.05, 0) is 13.5 Å². The van der Waals surface area contributed by atoms with Gasteiger partial charge in [0.2, 0.25) is 0 Å². The number of rotatable bonds is 11. The maximum atomic E-state index is 10.7. The third kappa shape index (κ3) is 6.45. The standard InChI is InChI=1S/C13H24N4O3S/c1-4-5-11-14-15-13(21-10-12(18)19)17(11)7-6-16(2)8-9-20-3/h4-10H2,1-3H3,(H,18,19). The third-order valence-electron chi connectivity index (χ3n) is 2.97. The zero-order valence-electron chi connectivity index (χ0n) is 12.9. The van der Waals surface area contributed by atoms with E-state index in [1.807, 2.05) is 11.6 Å². The van der Waals surface area contributed by atoms with Crippen molar-refractivity contribution >= 4 is 17.7 Å². The number of carboxylic acids is 1. The summed E-state index contributed by atoms with van der Waals surface area (Å²) < 4.78 is 7.09. The van der Waals surface area contributed by atoms with Gasteiger partial charge < -0.3 is 19.3 Å². The monoisotopic (exact) mass is 316 g/mol. The molecule has 0 saturated carbocycles. The quantitative estimate of drug-likeness (QED) is 0.610. The molecule has 1 aromatic rings. The Labute approximate surface area is 129 Å². The summed E-state index contributed by atoms with van der Waals surface area (Å²) in [7, 11) is 3.72. The highest BCUT2D eigenvalue weighted by molar-refractivity contribution is 7.99. The highest BCUT2D eigenvalue weighted by Crippen LogP contribution is 2.17. The molecule has 0 fully saturated rings. The van der Waals surface area contributed by atoms with Gasteiger partial charge in [0.05, 0.1) is 12.4 Å². The summed E-state index contributed by atoms with van der Waals surface area (Å²) in [5, 5.41) is 17.8. The van der Waals surface area contributed by atoms with Crippen molar-refractivity contribution in [2.24, 2.45) is 0 Å². The molecule has 0 amide bonds. The molecule has 0 saturated heterocycles. The molecule has 0 radical (unpaired) electrons. The Morgan fingerprint density at radius 2 is 2.19 bits per heavy atom. The molecule has 7 nitrogen and oxygen atoms in total. The Morgan fingerprint density at radius 3 is 2.81 bits per heavy atom. The Kier molecular flexibility index (Phi) is 8.33. The number of aliphatic carboxylic acids is 1. The minimum atomic E-state index is -0.844. The molecule has 1 heterocycles. The van der Waals surface area contributed by atoms with Gasteiger partial charge in [0.1, 0.15) is 5.82 Å². The van der Waals surface area contributed by atoms with Crippen molar-refractivity contribution < 1.29 is 14.6 Å². The molecule has 120 valence electrons. The summed E-state index contributed by atoms with van der Waals surface area (Å²) in [6.07, 6.45) is 1.84. The number of ether oxygens (including phenoxy) is 1. The van der Waals surface area contributed by atoms with E-state index in [0.717, 1.165) is 38.3 Å². The Hall–Kier alpha value is -1.12. The molecular formula is C13H24N4O3S. The molecule has 1 aromatic heterocycles. The van der Waals surface area contributed by atoms with Gasteiger partial charge >= 0.3 is 5.97 Å². The number of hydrogen-bond acceptors (Lipinski definition) is 6. The highest BCUT2D eigenvalue weighted by atomic mass is 32.2. The van der Waals surface area contributed by atoms with Gasteiger partial charge in [0.15, 0.2) is 5.16 Å². The topological polar surface area (TPSA) is 80.5 Å². The van der Waals surface area contributed by atoms with E-state index in [1.54, 1.807) is 7.11 Å². The zero-order valence-corrected chi connectivity index (χ0v) is 13.7. The molecule has 21 heavy (non-hydrogen) atoms. The number of aryl methyl sites for hydroxylation is 1. The Morgan fingerprint density at radius 1 is 1.43 bits per heavy atom. The normalized spacial score (nSPS) is 11.2. The van der Waals surface area contributed by atoms with E-state index < -0.39 is 5.97 Å². The van der Waals surface area contributed by atoms with Crippen molar-refractivity contribution in [1.29, 1.82) is 0 Å². The van der Waals surface area contributed by atoms with E-state index in [2.05, 4.69) is 22.0 Å². The summed E-state index contributed by atoms with van der Waals surface area (Å²) in [5.41, 5.74) is 0. The van der Waals surface area contributed by atoms with Gasteiger partial charge in [-0.2, -0.15) is 0 Å². The fourth-order valence-corrected chi connectivity index (χ4v) is 2.52. The molecule has 8 heteroatoms. The zero-order chi connectivity index (χ0) is 15.7. The highest BCUT2D eigenvalue weighted by Gasteiger charge is 2.13. The lowest BCUT2D eigenvalue weighted by molar-refractivity contribution is -0.133. The summed E-state index contributed by atoms with van der Waals surface area (Å²) in [4.78, 5) is 12.9. The molecule has 0 aliphatic rings. The number of thioether (sulfide) groups is 1. The summed E-state index contributed by atoms with van der Waals surface area (Å²) in [6, 6.07) is 0. The van der Waals surface area contributed by atoms with Crippen LogP contribution in [0.5, 0.6) is 0 Å². The number of likely N-dealkylation sites (N-methyl/N-ethyl adjacent to an activating group) is 1. The van der Waals surface area contributed by atoms with Crippen LogP contribution in [0, 0.1) is 0 Å². The molecule has 0 aromatic carbocycles. The largest absolute Gasteiger partial charge is 0.481 e. The maximum absolute atomic E-state index is 10.7. The van der Waals surface area contributed by atoms with Crippen LogP contribution in [-0.2, 0) is 22.5 Å². The second-order valence-electron chi connectivity index (χ2n) is 4.78. The molecule has 0 aliphatic heterocycles. The average molecular weight is 316 g/mol. The average Bonchev–Trinajstić information content (AvgIpc) is 2.83. The lowest BCUT2D eigenvalue weighted by Crippen LogP contribution is -2.27. The van der Waals surface area contributed by atoms with Crippen molar-refractivity contribution in [3.8, 4) is 0 Å². The first-order valence-corrected chi connectivity index (χ1v) is 8.01. The Bertz CT molecular complexity index is 439. The van der Waals surface area contributed by atoms with E-state index in [-0.39, 0.29) is 5.75 Å². The molecular weight excluding hydrogens is 292 g/mol. The van der Waals surface area contributed by atoms with Crippen LogP contribution >= 0.6 is 11.8 Å². The van der Waals surface area contributed by atoms with Gasteiger partial charge in [-0.1, -0.05) is 18.7 Å². The van der Waals surface area contributed by atoms with Gasteiger partial charge in [-0.3, -0.25) is 4.79 Å². The van der Waals surface area contributed by atoms with Crippen LogP contribution in [0.25, 0.3) is 0 Å². The van der Waals surface area contributed by atoms with Gasteiger partial charge in [-0.25, -0.2) is 0 Å². The van der Waals surface area contributed by atoms with Crippen LogP contribution in [0.2, 0.25) is 0 Å². The predicted molar refractivity (Wildman–Crippen MR) is 81.7 cm³/mol. The number of carboxylic acid groups (broad SMARTS) is 1. The lowest BCUT2D eigenvalue weighted by atomic mass is 10.3. The molecule has 1 rings (SSSR count). The fraction of sp³-hybridized carbons (Fsp3) is 0.769. The van der Waals surface area contributed by atoms with Crippen molar-refractivity contribution in [1.82, 2.24) is 19.7 Å². The van der Waals surface area contributed by atoms with E-state index in [4.69, 9.17) is 9.84 Å². The van der Waals surface area contributed by atoms with Crippen LogP contribution in [0.3, 0.4) is 0 Å². The number of methoxy groups -OCH3 is 1. The minimum absolute atomic E-state index is 0.00374. The van der Waals surface area contributed by atoms with E-state index in [9.17, 15) is 4.79 Å². The molecule has 0 bridgehead atoms. The minimum Gasteiger partial charge on any atom is -0.481 e. The lowest BCUT2D eigenvalue weighted by Gasteiger charge is -2.17. The van der Waals surface area contributed by atoms with Crippen molar-refractivity contribution in [3.05, 3.63) is 5.82 Å². The second kappa shape index (κ2) is 9.75. The Balaban J connectivity index is 2.66. The third-order valence-corrected chi connectivity index (χ3v) is 3.93. The molecule has 1 N–H and O–H groups in total. The number of carbonyl (C=O) groups is 1. The van der Waals surface area contributed by atoms with Crippen LogP contribution in [0.1, 0.15) is 19.2 Å². The molecule has 0 aliphatic carbocycles. The first-order chi connectivity index (χ1) is 10.1. The van der Waals surface area contributed by atoms with Crippen LogP contribution < -0.4 is 0 Å². The van der Waals surface area contributed by atoms with E-state index in [1.165, 1.54) is 11.8 Å². The summed E-state index contributed by atoms with van der Waals surface area (Å²) in [6.45, 7) is 5.25. The first-order valence-electron chi connectivity index (χ1n) is 7.02. The van der Waals surface area contributed by atoms with Gasteiger partial charge in [0.25, 0.3) is 0 Å². The molecule has 0 atom stereocenters. The van der Waals surface area contributed by atoms with Crippen molar-refractivity contribution in [2.45, 2.75) is 31.5 Å². The first kappa shape index (κ1) is 17.9. The summed E-state index contributed by atoms with van der Waals surface area (Å²) >= 11 is 1.22. The van der Waals surface area contributed by atoms with E-state index in [0.29, 0.717) is 11.8 Å². The number of aromatic nitrogens is 3. The fourth-order valence-electron chi connectivity index (χ4n) is 1.81. The SMILES string of the molecule is CCCc1nnc(SCC(=O)O)n1CCN(C)CCOC. The van der Waals surface area contributed by atoms with E-state index >= 15 is 0 Å². The van der Waals surface area contributed by atoms with Crippen LogP contribution in [0.15, 0.2) is 5.16 Å². The van der Waals surface area contributed by atoms with Gasteiger partial charge in [-0.15, -0.1) is 10.2 Å². The van der Waals surface area contributed by atoms with Crippen molar-refractivity contribution in [3.63, 3.8) is 0 Å². The number of hydrogen-bond donors (Lipinski definition) is 1. The summed E-state index contributed by atoms with van der Waals surface area (Å²) in [5.74, 6) is 0.0818. The second-order valence-corrected chi connectivity index (χ2v) is 5.72. The van der Waals surface area contributed by atoms with Gasteiger partial charge in [0, 0.05) is 33.2 Å². The molecule has 0 unspecified atom stereocenters. The van der Waals surface area contributed by atoms with Crippen LogP contribution in [-0.4, -0.2) is 70.3 Å².